The first-order chi connectivity index (χ1) is 27.2. The van der Waals surface area contributed by atoms with Gasteiger partial charge in [0.05, 0.1) is 44.7 Å². The Hall–Kier alpha value is -6.92. The van der Waals surface area contributed by atoms with Crippen molar-refractivity contribution in [3.05, 3.63) is 187 Å². The zero-order valence-electron chi connectivity index (χ0n) is 30.6. The smallest absolute Gasteiger partial charge is 0.309 e. The third-order valence-electron chi connectivity index (χ3n) is 11.0. The van der Waals surface area contributed by atoms with Crippen LogP contribution >= 0.6 is 0 Å². The standard InChI is InChI=1S/C50H34F3N3/c1-31-16-20-33(21-17-31)35-24-26-44-39(29-35)37-9-3-5-12-42(37)55(44)46-14-7-11-41(50(51,52)53)48(46)49-47(15-8-28-54-49)56-43-13-6-4-10-38(43)40-30-36(25-27-45(40)56)34-22-18-32(2)19-23-34/h3-30H,1-2H3. The summed E-state index contributed by atoms with van der Waals surface area (Å²) in [6, 6.07) is 53.4. The van der Waals surface area contributed by atoms with E-state index in [1.165, 1.54) is 23.3 Å². The molecule has 10 rings (SSSR count). The van der Waals surface area contributed by atoms with Gasteiger partial charge >= 0.3 is 6.18 Å². The van der Waals surface area contributed by atoms with Gasteiger partial charge < -0.3 is 9.13 Å². The Morgan fingerprint density at radius 2 is 0.893 bits per heavy atom. The number of hydrogen-bond acceptors (Lipinski definition) is 1. The van der Waals surface area contributed by atoms with E-state index < -0.39 is 11.7 Å². The minimum Gasteiger partial charge on any atom is -0.309 e. The lowest BCUT2D eigenvalue weighted by Crippen LogP contribution is -2.12. The predicted molar refractivity (Wildman–Crippen MR) is 224 cm³/mol. The lowest BCUT2D eigenvalue weighted by molar-refractivity contribution is -0.137. The number of nitrogens with zero attached hydrogens (tertiary/aromatic N) is 3. The van der Waals surface area contributed by atoms with Crippen molar-refractivity contribution in [1.29, 1.82) is 0 Å². The van der Waals surface area contributed by atoms with Gasteiger partial charge in [-0.3, -0.25) is 4.98 Å². The summed E-state index contributed by atoms with van der Waals surface area (Å²) in [5.41, 5.74) is 10.5. The van der Waals surface area contributed by atoms with E-state index in [2.05, 4.69) is 97.3 Å². The molecule has 3 heterocycles. The Bertz CT molecular complexity index is 3130. The van der Waals surface area contributed by atoms with Crippen LogP contribution in [0.15, 0.2) is 170 Å². The molecule has 0 bridgehead atoms. The molecule has 0 aliphatic carbocycles. The van der Waals surface area contributed by atoms with E-state index >= 15 is 13.2 Å². The van der Waals surface area contributed by atoms with Gasteiger partial charge in [0.2, 0.25) is 0 Å². The van der Waals surface area contributed by atoms with Gasteiger partial charge in [-0.05, 0) is 96.8 Å². The van der Waals surface area contributed by atoms with Crippen molar-refractivity contribution in [1.82, 2.24) is 14.1 Å². The van der Waals surface area contributed by atoms with Crippen LogP contribution in [0.25, 0.3) is 88.5 Å². The number of benzene rings is 7. The Balaban J connectivity index is 1.25. The Labute approximate surface area is 321 Å². The fourth-order valence-electron chi connectivity index (χ4n) is 8.30. The fraction of sp³-hybridized carbons (Fsp3) is 0.0600. The minimum atomic E-state index is -4.67. The van der Waals surface area contributed by atoms with Gasteiger partial charge in [0.25, 0.3) is 0 Å². The molecule has 0 aliphatic heterocycles. The molecule has 270 valence electrons. The highest BCUT2D eigenvalue weighted by molar-refractivity contribution is 6.12. The Morgan fingerprint density at radius 3 is 1.43 bits per heavy atom. The molecule has 0 atom stereocenters. The molecular formula is C50H34F3N3. The minimum absolute atomic E-state index is 0.0167. The zero-order valence-corrected chi connectivity index (χ0v) is 30.6. The van der Waals surface area contributed by atoms with E-state index in [1.54, 1.807) is 18.3 Å². The van der Waals surface area contributed by atoms with E-state index in [4.69, 9.17) is 4.98 Å². The Kier molecular flexibility index (Phi) is 7.72. The maximum atomic E-state index is 15.4. The number of rotatable bonds is 5. The van der Waals surface area contributed by atoms with Crippen LogP contribution in [-0.4, -0.2) is 14.1 Å². The molecule has 0 unspecified atom stereocenters. The van der Waals surface area contributed by atoms with Crippen molar-refractivity contribution >= 4 is 43.6 Å². The monoisotopic (exact) mass is 733 g/mol. The predicted octanol–water partition coefficient (Wildman–Crippen LogP) is 13.9. The summed E-state index contributed by atoms with van der Waals surface area (Å²) in [4.78, 5) is 4.82. The highest BCUT2D eigenvalue weighted by Gasteiger charge is 2.37. The van der Waals surface area contributed by atoms with E-state index in [-0.39, 0.29) is 11.3 Å². The number of hydrogen-bond donors (Lipinski definition) is 0. The summed E-state index contributed by atoms with van der Waals surface area (Å²) < 4.78 is 50.3. The van der Waals surface area contributed by atoms with Gasteiger partial charge in [-0.1, -0.05) is 114 Å². The quantitative estimate of drug-likeness (QED) is 0.173. The van der Waals surface area contributed by atoms with Gasteiger partial charge in [0.15, 0.2) is 0 Å². The lowest BCUT2D eigenvalue weighted by atomic mass is 9.98. The van der Waals surface area contributed by atoms with E-state index in [0.717, 1.165) is 65.9 Å². The second-order valence-corrected chi connectivity index (χ2v) is 14.5. The van der Waals surface area contributed by atoms with Crippen molar-refractivity contribution in [2.45, 2.75) is 20.0 Å². The van der Waals surface area contributed by atoms with Crippen LogP contribution < -0.4 is 0 Å². The maximum Gasteiger partial charge on any atom is 0.417 e. The summed E-state index contributed by atoms with van der Waals surface area (Å²) in [6.45, 7) is 4.13. The molecule has 3 nitrogen and oxygen atoms in total. The van der Waals surface area contributed by atoms with Crippen LogP contribution in [0.3, 0.4) is 0 Å². The van der Waals surface area contributed by atoms with Crippen LogP contribution in [0.5, 0.6) is 0 Å². The molecule has 0 fully saturated rings. The molecule has 0 amide bonds. The number of halogens is 3. The molecule has 56 heavy (non-hydrogen) atoms. The first-order valence-electron chi connectivity index (χ1n) is 18.6. The van der Waals surface area contributed by atoms with Crippen LogP contribution in [0.4, 0.5) is 13.2 Å². The molecule has 0 aliphatic rings. The lowest BCUT2D eigenvalue weighted by Gasteiger charge is -2.21. The highest BCUT2D eigenvalue weighted by atomic mass is 19.4. The van der Waals surface area contributed by atoms with E-state index in [1.807, 2.05) is 65.2 Å². The summed E-state index contributed by atoms with van der Waals surface area (Å²) in [6.07, 6.45) is -3.08. The zero-order chi connectivity index (χ0) is 38.1. The summed E-state index contributed by atoms with van der Waals surface area (Å²) in [5.74, 6) is 0. The molecule has 0 spiro atoms. The molecule has 0 N–H and O–H groups in total. The second kappa shape index (κ2) is 12.8. The average Bonchev–Trinajstić information content (AvgIpc) is 3.73. The first kappa shape index (κ1) is 33.6. The average molecular weight is 734 g/mol. The molecule has 7 aromatic carbocycles. The van der Waals surface area contributed by atoms with Crippen LogP contribution in [-0.2, 0) is 6.18 Å². The van der Waals surface area contributed by atoms with Gasteiger partial charge in [-0.2, -0.15) is 13.2 Å². The number of aryl methyl sites for hydroxylation is 2. The van der Waals surface area contributed by atoms with E-state index in [9.17, 15) is 0 Å². The van der Waals surface area contributed by atoms with Crippen molar-refractivity contribution in [3.8, 4) is 44.9 Å². The molecule has 0 radical (unpaired) electrons. The number of fused-ring (bicyclic) bond motifs is 6. The number of aromatic nitrogens is 3. The number of pyridine rings is 1. The van der Waals surface area contributed by atoms with Crippen molar-refractivity contribution in [2.24, 2.45) is 0 Å². The largest absolute Gasteiger partial charge is 0.417 e. The normalized spacial score (nSPS) is 12.0. The summed E-state index contributed by atoms with van der Waals surface area (Å²) in [7, 11) is 0. The molecule has 6 heteroatoms. The van der Waals surface area contributed by atoms with Crippen LogP contribution in [0.2, 0.25) is 0 Å². The second-order valence-electron chi connectivity index (χ2n) is 14.5. The molecular weight excluding hydrogens is 700 g/mol. The van der Waals surface area contributed by atoms with Crippen molar-refractivity contribution < 1.29 is 13.2 Å². The third kappa shape index (κ3) is 5.40. The van der Waals surface area contributed by atoms with Crippen molar-refractivity contribution in [2.75, 3.05) is 0 Å². The van der Waals surface area contributed by atoms with Crippen molar-refractivity contribution in [3.63, 3.8) is 0 Å². The van der Waals surface area contributed by atoms with E-state index in [0.29, 0.717) is 11.4 Å². The molecule has 3 aromatic heterocycles. The van der Waals surface area contributed by atoms with Gasteiger partial charge in [-0.15, -0.1) is 0 Å². The first-order valence-corrected chi connectivity index (χ1v) is 18.6. The van der Waals surface area contributed by atoms with Gasteiger partial charge in [0, 0.05) is 33.3 Å². The SMILES string of the molecule is Cc1ccc(-c2ccc3c(c2)c2ccccc2n3-c2cccnc2-c2c(-n3c4ccccc4c4cc(-c5ccc(C)cc5)ccc43)cccc2C(F)(F)F)cc1. The highest BCUT2D eigenvalue weighted by Crippen LogP contribution is 2.46. The topological polar surface area (TPSA) is 22.8 Å². The molecule has 0 saturated carbocycles. The fourth-order valence-corrected chi connectivity index (χ4v) is 8.30. The van der Waals surface area contributed by atoms with Crippen LogP contribution in [0, 0.1) is 13.8 Å². The molecule has 10 aromatic rings. The van der Waals surface area contributed by atoms with Gasteiger partial charge in [-0.25, -0.2) is 0 Å². The Morgan fingerprint density at radius 1 is 0.429 bits per heavy atom. The molecule has 0 saturated heterocycles. The summed E-state index contributed by atoms with van der Waals surface area (Å²) in [5, 5.41) is 3.91. The summed E-state index contributed by atoms with van der Waals surface area (Å²) >= 11 is 0. The maximum absolute atomic E-state index is 15.4. The third-order valence-corrected chi connectivity index (χ3v) is 11.0. The number of alkyl halides is 3. The van der Waals surface area contributed by atoms with Crippen LogP contribution in [0.1, 0.15) is 16.7 Å². The van der Waals surface area contributed by atoms with Gasteiger partial charge in [0.1, 0.15) is 0 Å². The number of para-hydroxylation sites is 2.